The van der Waals surface area contributed by atoms with Crippen LogP contribution in [0.2, 0.25) is 0 Å². The summed E-state index contributed by atoms with van der Waals surface area (Å²) in [5.74, 6) is 0. The maximum absolute atomic E-state index is 10.5. The molecule has 0 spiro atoms. The van der Waals surface area contributed by atoms with Crippen LogP contribution in [-0.4, -0.2) is 31.9 Å². The molecule has 1 radical (unpaired) electrons. The van der Waals surface area contributed by atoms with Gasteiger partial charge >= 0.3 is 0 Å². The van der Waals surface area contributed by atoms with Crippen molar-refractivity contribution >= 4 is 16.4 Å². The first kappa shape index (κ1) is 13.2. The van der Waals surface area contributed by atoms with Crippen LogP contribution in [0.3, 0.4) is 0 Å². The first-order valence-corrected chi connectivity index (χ1v) is 4.09. The van der Waals surface area contributed by atoms with Crippen molar-refractivity contribution < 1.29 is 33.6 Å². The van der Waals surface area contributed by atoms with Crippen molar-refractivity contribution in [2.75, 3.05) is 12.8 Å². The van der Waals surface area contributed by atoms with Gasteiger partial charge in [-0.3, -0.25) is 0 Å². The van der Waals surface area contributed by atoms with E-state index >= 15 is 0 Å². The molecule has 0 saturated carbocycles. The van der Waals surface area contributed by atoms with Gasteiger partial charge in [-0.15, -0.1) is 6.41 Å². The molecule has 0 aromatic heterocycles. The first-order valence-electron chi connectivity index (χ1n) is 2.25. The molecule has 0 saturated heterocycles. The van der Waals surface area contributed by atoms with Crippen molar-refractivity contribution in [3.05, 3.63) is 0 Å². The number of carbonyl (C=O) groups excluding carboxylic acids is 1. The Kier molecular flexibility index (Phi) is 6.29. The number of rotatable bonds is 3. The van der Waals surface area contributed by atoms with Gasteiger partial charge in [0.05, 0.1) is 18.9 Å². The number of amides is 1. The van der Waals surface area contributed by atoms with Crippen LogP contribution in [0.15, 0.2) is 0 Å². The Bertz CT molecular complexity index is 255. The molecule has 1 amide bonds. The zero-order chi connectivity index (χ0) is 8.20. The van der Waals surface area contributed by atoms with Crippen LogP contribution in [-0.2, 0) is 35.2 Å². The van der Waals surface area contributed by atoms with Crippen LogP contribution >= 0.6 is 0 Å². The van der Waals surface area contributed by atoms with Crippen molar-refractivity contribution in [2.45, 2.75) is 0 Å². The van der Waals surface area contributed by atoms with E-state index in [-0.39, 0.29) is 20.4 Å². The van der Waals surface area contributed by atoms with Gasteiger partial charge in [0.15, 0.2) is 0 Å². The van der Waals surface area contributed by atoms with Gasteiger partial charge in [0.2, 0.25) is 10.0 Å². The van der Waals surface area contributed by atoms with E-state index in [0.29, 0.717) is 4.31 Å². The van der Waals surface area contributed by atoms with Crippen LogP contribution in [0.25, 0.3) is 0 Å². The molecule has 0 atom stereocenters. The average molecular weight is 347 g/mol. The molecule has 5 nitrogen and oxygen atoms in total. The van der Waals surface area contributed by atoms with Gasteiger partial charge in [-0.25, -0.2) is 8.42 Å². The molecule has 0 bridgehead atoms. The molecule has 0 heterocycles. The molecule has 0 rings (SSSR count). The van der Waals surface area contributed by atoms with Crippen molar-refractivity contribution in [3.63, 3.8) is 0 Å². The van der Waals surface area contributed by atoms with Gasteiger partial charge in [0.25, 0.3) is 0 Å². The molecule has 63 valence electrons. The predicted molar refractivity (Wildman–Crippen MR) is 32.9 cm³/mol. The maximum Gasteiger partial charge on any atom is 0.205 e. The quantitative estimate of drug-likeness (QED) is 0.366. The molecule has 0 fully saturated rings. The third-order valence-electron chi connectivity index (χ3n) is 0.716. The number of hydrogen-bond donors (Lipinski definition) is 0. The Morgan fingerprint density at radius 2 is 2.09 bits per heavy atom. The third kappa shape index (κ3) is 4.91. The van der Waals surface area contributed by atoms with Gasteiger partial charge < -0.3 is 9.10 Å². The van der Waals surface area contributed by atoms with E-state index in [0.717, 1.165) is 12.7 Å². The Labute approximate surface area is 78.7 Å². The topological polar surface area (TPSA) is 78.2 Å². The SMILES string of the molecule is CS(=O)(=O)N([C-]=O)CC#N.[Re]. The van der Waals surface area contributed by atoms with Gasteiger partial charge in [0, 0.05) is 20.4 Å². The second kappa shape index (κ2) is 5.25. The van der Waals surface area contributed by atoms with Gasteiger partial charge in [-0.2, -0.15) is 5.26 Å². The van der Waals surface area contributed by atoms with Crippen LogP contribution < -0.4 is 0 Å². The average Bonchev–Trinajstić information content (AvgIpc) is 1.80. The summed E-state index contributed by atoms with van der Waals surface area (Å²) in [6, 6.07) is 1.51. The summed E-state index contributed by atoms with van der Waals surface area (Å²) in [4.78, 5) is 9.81. The molecule has 11 heavy (non-hydrogen) atoms. The van der Waals surface area contributed by atoms with Crippen LogP contribution in [0.1, 0.15) is 0 Å². The predicted octanol–water partition coefficient (Wildman–Crippen LogP) is -1.16. The summed E-state index contributed by atoms with van der Waals surface area (Å²) in [5, 5.41) is 8.00. The zero-order valence-corrected chi connectivity index (χ0v) is 9.14. The molecule has 0 aromatic carbocycles. The molecular formula is C4H5N2O3ReS-. The van der Waals surface area contributed by atoms with Crippen molar-refractivity contribution in [3.8, 4) is 6.07 Å². The third-order valence-corrected chi connectivity index (χ3v) is 1.72. The Balaban J connectivity index is 0. The standard InChI is InChI=1S/C4H5N2O3S.Re/c1-10(8,9)6(4-7)3-2-5;/h3H2,1H3;/q-1;. The minimum Gasteiger partial charge on any atom is -0.519 e. The van der Waals surface area contributed by atoms with E-state index in [1.54, 1.807) is 0 Å². The monoisotopic (exact) mass is 348 g/mol. The van der Waals surface area contributed by atoms with E-state index in [1.165, 1.54) is 6.07 Å². The summed E-state index contributed by atoms with van der Waals surface area (Å²) in [7, 11) is -3.59. The van der Waals surface area contributed by atoms with E-state index in [1.807, 2.05) is 0 Å². The smallest absolute Gasteiger partial charge is 0.205 e. The second-order valence-corrected chi connectivity index (χ2v) is 3.43. The molecule has 0 unspecified atom stereocenters. The van der Waals surface area contributed by atoms with E-state index in [9.17, 15) is 13.2 Å². The first-order chi connectivity index (χ1) is 4.52. The summed E-state index contributed by atoms with van der Waals surface area (Å²) < 4.78 is 21.2. The summed E-state index contributed by atoms with van der Waals surface area (Å²) in [6.45, 7) is -0.484. The fraction of sp³-hybridized carbons (Fsp3) is 0.500. The molecule has 0 aliphatic heterocycles. The molecule has 0 aliphatic rings. The summed E-state index contributed by atoms with van der Waals surface area (Å²) in [5.41, 5.74) is 0. The maximum atomic E-state index is 10.5. The molecule has 7 heteroatoms. The molecular weight excluding hydrogens is 342 g/mol. The van der Waals surface area contributed by atoms with Crippen LogP contribution in [0.5, 0.6) is 0 Å². The Hall–Kier alpha value is -0.428. The Morgan fingerprint density at radius 1 is 1.64 bits per heavy atom. The number of sulfonamides is 1. The van der Waals surface area contributed by atoms with E-state index in [4.69, 9.17) is 5.26 Å². The van der Waals surface area contributed by atoms with Gasteiger partial charge in [-0.1, -0.05) is 0 Å². The minimum atomic E-state index is -3.59. The second-order valence-electron chi connectivity index (χ2n) is 1.52. The summed E-state index contributed by atoms with van der Waals surface area (Å²) in [6.07, 6.45) is 1.94. The fourth-order valence-electron chi connectivity index (χ4n) is 0.281. The van der Waals surface area contributed by atoms with E-state index < -0.39 is 16.6 Å². The van der Waals surface area contributed by atoms with Crippen molar-refractivity contribution in [1.82, 2.24) is 4.31 Å². The number of hydrogen-bond acceptors (Lipinski definition) is 4. The van der Waals surface area contributed by atoms with Gasteiger partial charge in [-0.05, 0) is 0 Å². The molecule has 0 N–H and O–H groups in total. The van der Waals surface area contributed by atoms with Crippen molar-refractivity contribution in [2.24, 2.45) is 0 Å². The zero-order valence-electron chi connectivity index (χ0n) is 5.61. The van der Waals surface area contributed by atoms with Crippen LogP contribution in [0, 0.1) is 11.3 Å². The van der Waals surface area contributed by atoms with Crippen LogP contribution in [0.4, 0.5) is 0 Å². The largest absolute Gasteiger partial charge is 0.519 e. The molecule has 0 aromatic rings. The number of nitrogens with zero attached hydrogens (tertiary/aromatic N) is 2. The summed E-state index contributed by atoms with van der Waals surface area (Å²) >= 11 is 0. The van der Waals surface area contributed by atoms with E-state index in [2.05, 4.69) is 0 Å². The van der Waals surface area contributed by atoms with Crippen molar-refractivity contribution in [1.29, 1.82) is 5.26 Å². The number of nitriles is 1. The normalized spacial score (nSPS) is 9.09. The van der Waals surface area contributed by atoms with Gasteiger partial charge in [0.1, 0.15) is 0 Å². The Morgan fingerprint density at radius 3 is 2.18 bits per heavy atom. The molecule has 0 aliphatic carbocycles. The fourth-order valence-corrected chi connectivity index (χ4v) is 0.709. The minimum absolute atomic E-state index is 0.